The number of ether oxygens (including phenoxy) is 1. The molecular weight excluding hydrogens is 234 g/mol. The smallest absolute Gasteiger partial charge is 0.0892 e. The molecule has 1 heterocycles. The van der Waals surface area contributed by atoms with Gasteiger partial charge in [-0.2, -0.15) is 0 Å². The van der Waals surface area contributed by atoms with Crippen molar-refractivity contribution in [1.82, 2.24) is 4.98 Å². The second-order valence-corrected chi connectivity index (χ2v) is 5.16. The van der Waals surface area contributed by atoms with E-state index in [1.165, 1.54) is 11.1 Å². The van der Waals surface area contributed by atoms with Gasteiger partial charge >= 0.3 is 0 Å². The van der Waals surface area contributed by atoms with Gasteiger partial charge in [0.1, 0.15) is 0 Å². The van der Waals surface area contributed by atoms with Crippen molar-refractivity contribution in [2.24, 2.45) is 0 Å². The molecule has 1 aromatic heterocycles. The summed E-state index contributed by atoms with van der Waals surface area (Å²) in [6.45, 7) is 9.67. The summed E-state index contributed by atoms with van der Waals surface area (Å²) >= 11 is 0. The molecule has 19 heavy (non-hydrogen) atoms. The Morgan fingerprint density at radius 3 is 2.68 bits per heavy atom. The van der Waals surface area contributed by atoms with Crippen molar-refractivity contribution in [1.29, 1.82) is 0 Å². The summed E-state index contributed by atoms with van der Waals surface area (Å²) in [7, 11) is 0. The number of aryl methyl sites for hydroxylation is 1. The first-order chi connectivity index (χ1) is 9.08. The van der Waals surface area contributed by atoms with Crippen LogP contribution >= 0.6 is 0 Å². The van der Waals surface area contributed by atoms with Gasteiger partial charge in [-0.05, 0) is 52.7 Å². The molecule has 0 N–H and O–H groups in total. The molecule has 0 radical (unpaired) electrons. The minimum atomic E-state index is 0.583. The summed E-state index contributed by atoms with van der Waals surface area (Å²) in [6, 6.07) is 6.01. The van der Waals surface area contributed by atoms with Crippen molar-refractivity contribution in [3.63, 3.8) is 0 Å². The summed E-state index contributed by atoms with van der Waals surface area (Å²) in [5.41, 5.74) is 4.80. The minimum Gasteiger partial charge on any atom is -0.371 e. The van der Waals surface area contributed by atoms with Gasteiger partial charge < -0.3 is 4.74 Å². The van der Waals surface area contributed by atoms with Crippen LogP contribution in [0.4, 0.5) is 0 Å². The average molecular weight is 259 g/mol. The van der Waals surface area contributed by atoms with E-state index in [1.54, 1.807) is 0 Å². The number of nitrogens with zero attached hydrogens (tertiary/aromatic N) is 1. The molecule has 0 bridgehead atoms. The molecule has 1 aromatic rings. The summed E-state index contributed by atoms with van der Waals surface area (Å²) in [5.74, 6) is 0. The predicted molar refractivity (Wildman–Crippen MR) is 81.1 cm³/mol. The molecule has 0 spiro atoms. The van der Waals surface area contributed by atoms with Crippen LogP contribution in [-0.4, -0.2) is 11.6 Å². The van der Waals surface area contributed by atoms with Crippen LogP contribution in [0.15, 0.2) is 41.5 Å². The molecule has 0 atom stereocenters. The second kappa shape index (κ2) is 8.65. The van der Waals surface area contributed by atoms with Gasteiger partial charge in [0.15, 0.2) is 0 Å². The third-order valence-corrected chi connectivity index (χ3v) is 2.84. The number of rotatable bonds is 7. The van der Waals surface area contributed by atoms with E-state index in [9.17, 15) is 0 Å². The van der Waals surface area contributed by atoms with Crippen molar-refractivity contribution in [2.45, 2.75) is 47.1 Å². The largest absolute Gasteiger partial charge is 0.371 e. The highest BCUT2D eigenvalue weighted by Gasteiger charge is 1.94. The lowest BCUT2D eigenvalue weighted by Crippen LogP contribution is -1.97. The van der Waals surface area contributed by atoms with Crippen molar-refractivity contribution < 1.29 is 4.74 Å². The fourth-order valence-corrected chi connectivity index (χ4v) is 1.74. The number of pyridine rings is 1. The van der Waals surface area contributed by atoms with E-state index < -0.39 is 0 Å². The standard InChI is InChI=1S/C17H25NO/c1-14(2)7-5-8-15(3)11-12-19-13-17-10-6-9-16(4)18-17/h6-7,9-11H,5,8,12-13H2,1-4H3. The molecule has 0 unspecified atom stereocenters. The maximum absolute atomic E-state index is 5.62. The van der Waals surface area contributed by atoms with Crippen molar-refractivity contribution in [2.75, 3.05) is 6.61 Å². The van der Waals surface area contributed by atoms with E-state index >= 15 is 0 Å². The molecule has 2 nitrogen and oxygen atoms in total. The van der Waals surface area contributed by atoms with E-state index in [4.69, 9.17) is 4.74 Å². The molecule has 0 aliphatic rings. The zero-order valence-corrected chi connectivity index (χ0v) is 12.6. The molecule has 0 aromatic carbocycles. The van der Waals surface area contributed by atoms with Crippen molar-refractivity contribution in [3.05, 3.63) is 52.9 Å². The maximum atomic E-state index is 5.62. The van der Waals surface area contributed by atoms with Gasteiger partial charge in [0.2, 0.25) is 0 Å². The predicted octanol–water partition coefficient (Wildman–Crippen LogP) is 4.60. The summed E-state index contributed by atoms with van der Waals surface area (Å²) < 4.78 is 5.62. The maximum Gasteiger partial charge on any atom is 0.0892 e. The quantitative estimate of drug-likeness (QED) is 0.527. The topological polar surface area (TPSA) is 22.1 Å². The normalized spacial score (nSPS) is 11.5. The zero-order valence-electron chi connectivity index (χ0n) is 12.6. The fraction of sp³-hybridized carbons (Fsp3) is 0.471. The Hall–Kier alpha value is -1.41. The second-order valence-electron chi connectivity index (χ2n) is 5.16. The molecule has 0 fully saturated rings. The number of aromatic nitrogens is 1. The van der Waals surface area contributed by atoms with Crippen molar-refractivity contribution >= 4 is 0 Å². The molecule has 2 heteroatoms. The van der Waals surface area contributed by atoms with Gasteiger partial charge in [0.05, 0.1) is 18.9 Å². The lowest BCUT2D eigenvalue weighted by molar-refractivity contribution is 0.145. The van der Waals surface area contributed by atoms with Gasteiger partial charge in [0, 0.05) is 5.69 Å². The third kappa shape index (κ3) is 7.58. The summed E-state index contributed by atoms with van der Waals surface area (Å²) in [4.78, 5) is 4.41. The van der Waals surface area contributed by atoms with Gasteiger partial charge in [-0.25, -0.2) is 0 Å². The summed E-state index contributed by atoms with van der Waals surface area (Å²) in [6.07, 6.45) is 6.66. The van der Waals surface area contributed by atoms with Crippen LogP contribution in [0, 0.1) is 6.92 Å². The van der Waals surface area contributed by atoms with Gasteiger partial charge in [-0.3, -0.25) is 4.98 Å². The van der Waals surface area contributed by atoms with Crippen LogP contribution < -0.4 is 0 Å². The average Bonchev–Trinajstić information content (AvgIpc) is 2.34. The van der Waals surface area contributed by atoms with Crippen LogP contribution in [0.1, 0.15) is 45.0 Å². The first-order valence-corrected chi connectivity index (χ1v) is 6.87. The SMILES string of the molecule is CC(C)=CCCC(C)=CCOCc1cccc(C)n1. The Bertz CT molecular complexity index is 442. The van der Waals surface area contributed by atoms with E-state index in [2.05, 4.69) is 37.9 Å². The van der Waals surface area contributed by atoms with Crippen LogP contribution in [-0.2, 0) is 11.3 Å². The number of allylic oxidation sites excluding steroid dienone is 3. The highest BCUT2D eigenvalue weighted by molar-refractivity contribution is 5.09. The molecular formula is C17H25NO. The van der Waals surface area contributed by atoms with Crippen molar-refractivity contribution in [3.8, 4) is 0 Å². The molecule has 0 saturated heterocycles. The Kier molecular flexibility index (Phi) is 7.12. The summed E-state index contributed by atoms with van der Waals surface area (Å²) in [5, 5.41) is 0. The highest BCUT2D eigenvalue weighted by atomic mass is 16.5. The minimum absolute atomic E-state index is 0.583. The van der Waals surface area contributed by atoms with E-state index in [0.29, 0.717) is 13.2 Å². The molecule has 0 aliphatic heterocycles. The fourth-order valence-electron chi connectivity index (χ4n) is 1.74. The lowest BCUT2D eigenvalue weighted by Gasteiger charge is -2.03. The van der Waals surface area contributed by atoms with E-state index in [-0.39, 0.29) is 0 Å². The Morgan fingerprint density at radius 1 is 1.21 bits per heavy atom. The zero-order chi connectivity index (χ0) is 14.1. The number of hydrogen-bond acceptors (Lipinski definition) is 2. The Balaban J connectivity index is 2.24. The molecule has 0 amide bonds. The van der Waals surface area contributed by atoms with E-state index in [1.807, 2.05) is 25.1 Å². The molecule has 0 aliphatic carbocycles. The van der Waals surface area contributed by atoms with Crippen LogP contribution in [0.2, 0.25) is 0 Å². The van der Waals surface area contributed by atoms with Crippen LogP contribution in [0.3, 0.4) is 0 Å². The monoisotopic (exact) mass is 259 g/mol. The molecule has 0 saturated carbocycles. The van der Waals surface area contributed by atoms with Gasteiger partial charge in [0.25, 0.3) is 0 Å². The molecule has 1 rings (SSSR count). The van der Waals surface area contributed by atoms with E-state index in [0.717, 1.165) is 24.2 Å². The van der Waals surface area contributed by atoms with Crippen LogP contribution in [0.25, 0.3) is 0 Å². The number of hydrogen-bond donors (Lipinski definition) is 0. The van der Waals surface area contributed by atoms with Gasteiger partial charge in [-0.15, -0.1) is 0 Å². The van der Waals surface area contributed by atoms with Crippen LogP contribution in [0.5, 0.6) is 0 Å². The Labute approximate surface area is 117 Å². The highest BCUT2D eigenvalue weighted by Crippen LogP contribution is 2.07. The third-order valence-electron chi connectivity index (χ3n) is 2.84. The van der Waals surface area contributed by atoms with Gasteiger partial charge in [-0.1, -0.05) is 29.4 Å². The Morgan fingerprint density at radius 2 is 2.00 bits per heavy atom. The molecule has 104 valence electrons. The first kappa shape index (κ1) is 15.6. The lowest BCUT2D eigenvalue weighted by atomic mass is 10.1. The first-order valence-electron chi connectivity index (χ1n) is 6.87.